The summed E-state index contributed by atoms with van der Waals surface area (Å²) in [5.41, 5.74) is 7.60. The number of urea groups is 1. The molecule has 8 nitrogen and oxygen atoms in total. The van der Waals surface area contributed by atoms with Crippen LogP contribution >= 0.6 is 11.6 Å². The molecule has 0 fully saturated rings. The zero-order valence-corrected chi connectivity index (χ0v) is 15.2. The molecule has 0 saturated carbocycles. The highest BCUT2D eigenvalue weighted by molar-refractivity contribution is 6.31. The van der Waals surface area contributed by atoms with Crippen molar-refractivity contribution < 1.29 is 14.0 Å². The van der Waals surface area contributed by atoms with Crippen LogP contribution in [0, 0.1) is 5.82 Å². The van der Waals surface area contributed by atoms with E-state index in [2.05, 4.69) is 26.1 Å². The minimum atomic E-state index is -0.642. The highest BCUT2D eigenvalue weighted by atomic mass is 35.5. The van der Waals surface area contributed by atoms with Crippen LogP contribution < -0.4 is 21.7 Å². The minimum Gasteiger partial charge on any atom is -0.378 e. The molecule has 144 valence electrons. The molecule has 6 N–H and O–H groups in total. The number of carbonyl (C=O) groups is 2. The van der Waals surface area contributed by atoms with Gasteiger partial charge in [-0.25, -0.2) is 9.18 Å². The molecule has 2 aromatic carbocycles. The number of hydrogen-bond donors (Lipinski definition) is 5. The molecule has 0 aliphatic heterocycles. The van der Waals surface area contributed by atoms with E-state index in [1.54, 1.807) is 18.2 Å². The number of halogens is 2. The third-order valence-corrected chi connectivity index (χ3v) is 4.01. The molecule has 0 unspecified atom stereocenters. The Balaban J connectivity index is 1.61. The average molecular weight is 403 g/mol. The summed E-state index contributed by atoms with van der Waals surface area (Å²) in [5.74, 6) is -1.21. The Kier molecular flexibility index (Phi) is 5.75. The Morgan fingerprint density at radius 3 is 2.61 bits per heavy atom. The first-order valence-electron chi connectivity index (χ1n) is 8.12. The highest BCUT2D eigenvalue weighted by Gasteiger charge is 2.11. The summed E-state index contributed by atoms with van der Waals surface area (Å²) in [4.78, 5) is 23.4. The Labute approximate surface area is 164 Å². The second kappa shape index (κ2) is 8.40. The van der Waals surface area contributed by atoms with Crippen LogP contribution in [0.3, 0.4) is 0 Å². The number of aromatic amines is 1. The number of hydrogen-bond acceptors (Lipinski definition) is 4. The van der Waals surface area contributed by atoms with Crippen molar-refractivity contribution in [3.63, 3.8) is 0 Å². The standard InChI is InChI=1S/C18H16ClFN6O2/c19-13-7-12(4-5-14(13)20)25-18(28)24-11-3-1-2-10(6-11)8-22-15-9-23-26-16(15)17(21)27/h1-7,9,22H,8H2,(H2,21,27)(H,23,26)(H2,24,25,28). The van der Waals surface area contributed by atoms with Crippen LogP contribution in [0.25, 0.3) is 0 Å². The van der Waals surface area contributed by atoms with Gasteiger partial charge in [0.1, 0.15) is 5.82 Å². The smallest absolute Gasteiger partial charge is 0.323 e. The molecule has 1 aromatic heterocycles. The van der Waals surface area contributed by atoms with Crippen molar-refractivity contribution in [3.05, 3.63) is 70.8 Å². The van der Waals surface area contributed by atoms with E-state index in [9.17, 15) is 14.0 Å². The van der Waals surface area contributed by atoms with Crippen LogP contribution in [-0.2, 0) is 6.54 Å². The fourth-order valence-corrected chi connectivity index (χ4v) is 2.62. The van der Waals surface area contributed by atoms with Crippen LogP contribution in [0.5, 0.6) is 0 Å². The molecule has 0 saturated heterocycles. The number of rotatable bonds is 6. The maximum absolute atomic E-state index is 13.2. The number of anilines is 3. The van der Waals surface area contributed by atoms with Crippen molar-refractivity contribution in [1.29, 1.82) is 0 Å². The van der Waals surface area contributed by atoms with Gasteiger partial charge in [0.2, 0.25) is 0 Å². The van der Waals surface area contributed by atoms with Gasteiger partial charge in [0.05, 0.1) is 10.7 Å². The summed E-state index contributed by atoms with van der Waals surface area (Å²) >= 11 is 5.70. The number of carbonyl (C=O) groups excluding carboxylic acids is 2. The third kappa shape index (κ3) is 4.77. The summed E-state index contributed by atoms with van der Waals surface area (Å²) in [6, 6.07) is 10.5. The zero-order chi connectivity index (χ0) is 20.1. The lowest BCUT2D eigenvalue weighted by atomic mass is 10.2. The van der Waals surface area contributed by atoms with Crippen LogP contribution in [0.2, 0.25) is 5.02 Å². The monoisotopic (exact) mass is 402 g/mol. The molecule has 0 bridgehead atoms. The van der Waals surface area contributed by atoms with E-state index in [0.717, 1.165) is 5.56 Å². The average Bonchev–Trinajstić information content (AvgIpc) is 3.12. The number of amides is 3. The molecule has 0 atom stereocenters. The lowest BCUT2D eigenvalue weighted by molar-refractivity contribution is 0.0996. The maximum atomic E-state index is 13.2. The molecule has 0 radical (unpaired) electrons. The molecule has 0 spiro atoms. The fraction of sp³-hybridized carbons (Fsp3) is 0.0556. The first-order chi connectivity index (χ1) is 13.4. The number of benzene rings is 2. The molecule has 3 amide bonds. The summed E-state index contributed by atoms with van der Waals surface area (Å²) in [6.45, 7) is 0.379. The van der Waals surface area contributed by atoms with Crippen molar-refractivity contribution in [1.82, 2.24) is 10.2 Å². The normalized spacial score (nSPS) is 10.4. The third-order valence-electron chi connectivity index (χ3n) is 3.72. The second-order valence-electron chi connectivity index (χ2n) is 5.77. The fourth-order valence-electron chi connectivity index (χ4n) is 2.44. The van der Waals surface area contributed by atoms with Crippen molar-refractivity contribution in [3.8, 4) is 0 Å². The van der Waals surface area contributed by atoms with E-state index < -0.39 is 17.8 Å². The SMILES string of the molecule is NC(=O)c1n[nH]cc1NCc1cccc(NC(=O)Nc2ccc(F)c(Cl)c2)c1. The first kappa shape index (κ1) is 19.2. The van der Waals surface area contributed by atoms with Crippen LogP contribution in [0.4, 0.5) is 26.2 Å². The summed E-state index contributed by atoms with van der Waals surface area (Å²) < 4.78 is 13.2. The van der Waals surface area contributed by atoms with Crippen molar-refractivity contribution in [2.75, 3.05) is 16.0 Å². The lowest BCUT2D eigenvalue weighted by Crippen LogP contribution is -2.19. The predicted molar refractivity (Wildman–Crippen MR) is 105 cm³/mol. The number of primary amides is 1. The second-order valence-corrected chi connectivity index (χ2v) is 6.18. The molecule has 3 rings (SSSR count). The topological polar surface area (TPSA) is 125 Å². The molecule has 1 heterocycles. The molecular weight excluding hydrogens is 387 g/mol. The van der Waals surface area contributed by atoms with Crippen LogP contribution in [0.1, 0.15) is 16.1 Å². The van der Waals surface area contributed by atoms with E-state index in [-0.39, 0.29) is 10.7 Å². The van der Waals surface area contributed by atoms with Crippen molar-refractivity contribution in [2.45, 2.75) is 6.54 Å². The Morgan fingerprint density at radius 1 is 1.14 bits per heavy atom. The van der Waals surface area contributed by atoms with Gasteiger partial charge in [0.25, 0.3) is 5.91 Å². The van der Waals surface area contributed by atoms with Gasteiger partial charge in [0, 0.05) is 24.1 Å². The molecule has 0 aliphatic carbocycles. The molecule has 3 aromatic rings. The summed E-state index contributed by atoms with van der Waals surface area (Å²) in [6.07, 6.45) is 1.53. The van der Waals surface area contributed by atoms with E-state index in [1.165, 1.54) is 24.4 Å². The Hall–Kier alpha value is -3.59. The predicted octanol–water partition coefficient (Wildman–Crippen LogP) is 3.56. The number of aromatic nitrogens is 2. The largest absolute Gasteiger partial charge is 0.378 e. The first-order valence-corrected chi connectivity index (χ1v) is 8.49. The number of H-pyrrole nitrogens is 1. The van der Waals surface area contributed by atoms with Crippen LogP contribution in [0.15, 0.2) is 48.7 Å². The highest BCUT2D eigenvalue weighted by Crippen LogP contribution is 2.20. The van der Waals surface area contributed by atoms with Gasteiger partial charge in [-0.1, -0.05) is 23.7 Å². The molecule has 28 heavy (non-hydrogen) atoms. The van der Waals surface area contributed by atoms with E-state index in [0.29, 0.717) is 23.6 Å². The Bertz CT molecular complexity index is 1020. The van der Waals surface area contributed by atoms with Gasteiger partial charge in [-0.05, 0) is 35.9 Å². The molecule has 10 heteroatoms. The number of nitrogens with zero attached hydrogens (tertiary/aromatic N) is 1. The number of nitrogens with one attached hydrogen (secondary N) is 4. The molecule has 0 aliphatic rings. The van der Waals surface area contributed by atoms with Gasteiger partial charge in [-0.2, -0.15) is 5.10 Å². The Morgan fingerprint density at radius 2 is 1.89 bits per heavy atom. The van der Waals surface area contributed by atoms with Gasteiger partial charge >= 0.3 is 6.03 Å². The number of nitrogens with two attached hydrogens (primary N) is 1. The minimum absolute atomic E-state index is 0.0829. The van der Waals surface area contributed by atoms with E-state index in [4.69, 9.17) is 17.3 Å². The maximum Gasteiger partial charge on any atom is 0.323 e. The summed E-state index contributed by atoms with van der Waals surface area (Å²) in [5, 5.41) is 14.6. The quantitative estimate of drug-likeness (QED) is 0.432. The van der Waals surface area contributed by atoms with E-state index in [1.807, 2.05) is 6.07 Å². The van der Waals surface area contributed by atoms with Gasteiger partial charge in [0.15, 0.2) is 5.69 Å². The molecular formula is C18H16ClFN6O2. The van der Waals surface area contributed by atoms with Crippen molar-refractivity contribution in [2.24, 2.45) is 5.73 Å². The zero-order valence-electron chi connectivity index (χ0n) is 14.4. The lowest BCUT2D eigenvalue weighted by Gasteiger charge is -2.10. The van der Waals surface area contributed by atoms with Gasteiger partial charge < -0.3 is 21.7 Å². The summed E-state index contributed by atoms with van der Waals surface area (Å²) in [7, 11) is 0. The van der Waals surface area contributed by atoms with Crippen molar-refractivity contribution >= 4 is 40.6 Å². The van der Waals surface area contributed by atoms with Crippen LogP contribution in [-0.4, -0.2) is 22.1 Å². The van der Waals surface area contributed by atoms with Gasteiger partial charge in [-0.15, -0.1) is 0 Å². The van der Waals surface area contributed by atoms with Gasteiger partial charge in [-0.3, -0.25) is 9.89 Å². The van der Waals surface area contributed by atoms with E-state index >= 15 is 0 Å².